The summed E-state index contributed by atoms with van der Waals surface area (Å²) in [6.07, 6.45) is 0. The third kappa shape index (κ3) is 7.29. The monoisotopic (exact) mass is 329 g/mol. The number of amides is 1. The molecule has 0 radical (unpaired) electrons. The first-order valence-electron chi connectivity index (χ1n) is 6.41. The van der Waals surface area contributed by atoms with Gasteiger partial charge >= 0.3 is 5.97 Å². The molecule has 0 heterocycles. The Morgan fingerprint density at radius 2 is 2.00 bits per heavy atom. The Morgan fingerprint density at radius 3 is 2.57 bits per heavy atom. The van der Waals surface area contributed by atoms with Gasteiger partial charge in [-0.2, -0.15) is 0 Å². The zero-order valence-corrected chi connectivity index (χ0v) is 13.6. The van der Waals surface area contributed by atoms with E-state index in [4.69, 9.17) is 9.84 Å². The van der Waals surface area contributed by atoms with Gasteiger partial charge < -0.3 is 15.2 Å². The van der Waals surface area contributed by atoms with Gasteiger partial charge in [0.15, 0.2) is 0 Å². The van der Waals surface area contributed by atoms with Gasteiger partial charge in [0.05, 0.1) is 18.1 Å². The minimum absolute atomic E-state index is 0.0493. The molecule has 5 nitrogen and oxygen atoms in total. The molecule has 2 N–H and O–H groups in total. The molecule has 0 aromatic heterocycles. The Bertz CT molecular complexity index is 465. The molecule has 0 saturated carbocycles. The summed E-state index contributed by atoms with van der Waals surface area (Å²) >= 11 is 2.76. The number of ether oxygens (including phenoxy) is 1. The van der Waals surface area contributed by atoms with Gasteiger partial charge in [0, 0.05) is 17.2 Å². The molecule has 1 aromatic carbocycles. The SMILES string of the molecule is COc1ccc(SC(C)C(=O)NCCSCC(=O)O)cc1. The number of carbonyl (C=O) groups is 2. The highest BCUT2D eigenvalue weighted by molar-refractivity contribution is 8.00. The average molecular weight is 329 g/mol. The number of carboxylic acids is 1. The lowest BCUT2D eigenvalue weighted by atomic mass is 10.3. The van der Waals surface area contributed by atoms with Crippen molar-refractivity contribution in [2.24, 2.45) is 0 Å². The molecule has 0 saturated heterocycles. The fourth-order valence-electron chi connectivity index (χ4n) is 1.46. The number of aliphatic carboxylic acids is 1. The lowest BCUT2D eigenvalue weighted by Gasteiger charge is -2.12. The van der Waals surface area contributed by atoms with Gasteiger partial charge in [-0.1, -0.05) is 0 Å². The second-order valence-electron chi connectivity index (χ2n) is 4.17. The second-order valence-corrected chi connectivity index (χ2v) is 6.69. The van der Waals surface area contributed by atoms with Crippen LogP contribution in [-0.2, 0) is 9.59 Å². The molecule has 21 heavy (non-hydrogen) atoms. The molecule has 116 valence electrons. The Hall–Kier alpha value is -1.34. The maximum absolute atomic E-state index is 11.9. The van der Waals surface area contributed by atoms with Crippen LogP contribution >= 0.6 is 23.5 Å². The largest absolute Gasteiger partial charge is 0.497 e. The van der Waals surface area contributed by atoms with E-state index < -0.39 is 5.97 Å². The van der Waals surface area contributed by atoms with Crippen molar-refractivity contribution in [3.63, 3.8) is 0 Å². The van der Waals surface area contributed by atoms with Crippen LogP contribution in [0.15, 0.2) is 29.2 Å². The Balaban J connectivity index is 2.28. The number of nitrogens with one attached hydrogen (secondary N) is 1. The predicted octanol–water partition coefficient (Wildman–Crippen LogP) is 2.11. The van der Waals surface area contributed by atoms with Crippen LogP contribution in [0.5, 0.6) is 5.75 Å². The summed E-state index contributed by atoms with van der Waals surface area (Å²) in [6.45, 7) is 2.32. The van der Waals surface area contributed by atoms with Crippen molar-refractivity contribution in [1.29, 1.82) is 0 Å². The number of hydrogen-bond donors (Lipinski definition) is 2. The van der Waals surface area contributed by atoms with E-state index in [2.05, 4.69) is 5.32 Å². The van der Waals surface area contributed by atoms with Crippen LogP contribution in [0.2, 0.25) is 0 Å². The molecule has 1 atom stereocenters. The van der Waals surface area contributed by atoms with Crippen molar-refractivity contribution in [1.82, 2.24) is 5.32 Å². The van der Waals surface area contributed by atoms with Crippen molar-refractivity contribution < 1.29 is 19.4 Å². The molecule has 0 aliphatic carbocycles. The first-order valence-corrected chi connectivity index (χ1v) is 8.44. The fourth-order valence-corrected chi connectivity index (χ4v) is 2.92. The molecule has 1 amide bonds. The Labute approximate surface area is 132 Å². The van der Waals surface area contributed by atoms with Crippen LogP contribution in [0.3, 0.4) is 0 Å². The summed E-state index contributed by atoms with van der Waals surface area (Å²) in [5, 5.41) is 11.1. The minimum atomic E-state index is -0.838. The molecule has 1 aromatic rings. The molecule has 0 fully saturated rings. The summed E-state index contributed by atoms with van der Waals surface area (Å²) in [4.78, 5) is 23.2. The van der Waals surface area contributed by atoms with Crippen molar-refractivity contribution in [3.05, 3.63) is 24.3 Å². The smallest absolute Gasteiger partial charge is 0.313 e. The van der Waals surface area contributed by atoms with E-state index >= 15 is 0 Å². The number of carboxylic acid groups (broad SMARTS) is 1. The second kappa shape index (κ2) is 9.57. The fraction of sp³-hybridized carbons (Fsp3) is 0.429. The number of methoxy groups -OCH3 is 1. The van der Waals surface area contributed by atoms with Gasteiger partial charge in [-0.05, 0) is 31.2 Å². The van der Waals surface area contributed by atoms with Crippen molar-refractivity contribution in [2.45, 2.75) is 17.1 Å². The maximum atomic E-state index is 11.9. The van der Waals surface area contributed by atoms with Gasteiger partial charge in [0.25, 0.3) is 0 Å². The van der Waals surface area contributed by atoms with Crippen LogP contribution in [0.1, 0.15) is 6.92 Å². The van der Waals surface area contributed by atoms with E-state index in [0.717, 1.165) is 10.6 Å². The highest BCUT2D eigenvalue weighted by Gasteiger charge is 2.13. The molecular weight excluding hydrogens is 310 g/mol. The lowest BCUT2D eigenvalue weighted by Crippen LogP contribution is -2.32. The third-order valence-electron chi connectivity index (χ3n) is 2.51. The summed E-state index contributed by atoms with van der Waals surface area (Å²) in [6, 6.07) is 7.54. The van der Waals surface area contributed by atoms with Crippen LogP contribution in [-0.4, -0.2) is 47.4 Å². The molecule has 0 spiro atoms. The van der Waals surface area contributed by atoms with Gasteiger partial charge in [-0.25, -0.2) is 0 Å². The lowest BCUT2D eigenvalue weighted by molar-refractivity contribution is -0.133. The van der Waals surface area contributed by atoms with Crippen LogP contribution in [0, 0.1) is 0 Å². The summed E-state index contributed by atoms with van der Waals surface area (Å²) in [5.41, 5.74) is 0. The highest BCUT2D eigenvalue weighted by Crippen LogP contribution is 2.25. The quantitative estimate of drug-likeness (QED) is 0.534. The molecular formula is C14H19NO4S2. The summed E-state index contributed by atoms with van der Waals surface area (Å²) in [7, 11) is 1.61. The normalized spacial score (nSPS) is 11.7. The number of rotatable bonds is 9. The highest BCUT2D eigenvalue weighted by atomic mass is 32.2. The van der Waals surface area contributed by atoms with Gasteiger partial charge in [0.1, 0.15) is 5.75 Å². The van der Waals surface area contributed by atoms with E-state index in [0.29, 0.717) is 12.3 Å². The van der Waals surface area contributed by atoms with Crippen molar-refractivity contribution in [2.75, 3.05) is 25.2 Å². The predicted molar refractivity (Wildman–Crippen MR) is 86.3 cm³/mol. The van der Waals surface area contributed by atoms with Crippen LogP contribution < -0.4 is 10.1 Å². The first-order chi connectivity index (χ1) is 10.0. The molecule has 1 unspecified atom stereocenters. The number of hydrogen-bond acceptors (Lipinski definition) is 5. The zero-order chi connectivity index (χ0) is 15.7. The first kappa shape index (κ1) is 17.7. The standard InChI is InChI=1S/C14H19NO4S2/c1-10(14(18)15-7-8-20-9-13(16)17)21-12-5-3-11(19-2)4-6-12/h3-6,10H,7-9H2,1-2H3,(H,15,18)(H,16,17). The van der Waals surface area contributed by atoms with E-state index in [1.54, 1.807) is 7.11 Å². The molecule has 0 aliphatic heterocycles. The maximum Gasteiger partial charge on any atom is 0.313 e. The van der Waals surface area contributed by atoms with Gasteiger partial charge in [-0.15, -0.1) is 23.5 Å². The van der Waals surface area contributed by atoms with Gasteiger partial charge in [-0.3, -0.25) is 9.59 Å². The third-order valence-corrected chi connectivity index (χ3v) is 4.57. The number of benzene rings is 1. The molecule has 1 rings (SSSR count). The van der Waals surface area contributed by atoms with Crippen LogP contribution in [0.25, 0.3) is 0 Å². The molecule has 0 aliphatic rings. The average Bonchev–Trinajstić information content (AvgIpc) is 2.47. The Kier molecular flexibility index (Phi) is 8.07. The van der Waals surface area contributed by atoms with E-state index in [-0.39, 0.29) is 16.9 Å². The van der Waals surface area contributed by atoms with Crippen LogP contribution in [0.4, 0.5) is 0 Å². The zero-order valence-electron chi connectivity index (χ0n) is 12.0. The van der Waals surface area contributed by atoms with E-state index in [9.17, 15) is 9.59 Å². The summed E-state index contributed by atoms with van der Waals surface area (Å²) < 4.78 is 5.08. The number of carbonyl (C=O) groups excluding carboxylic acids is 1. The summed E-state index contributed by atoms with van der Waals surface area (Å²) in [5.74, 6) is 0.553. The minimum Gasteiger partial charge on any atom is -0.497 e. The topological polar surface area (TPSA) is 75.6 Å². The van der Waals surface area contributed by atoms with E-state index in [1.807, 2.05) is 31.2 Å². The van der Waals surface area contributed by atoms with E-state index in [1.165, 1.54) is 23.5 Å². The van der Waals surface area contributed by atoms with Crippen molar-refractivity contribution >= 4 is 35.4 Å². The van der Waals surface area contributed by atoms with Gasteiger partial charge in [0.2, 0.25) is 5.91 Å². The molecule has 7 heteroatoms. The molecule has 0 bridgehead atoms. The van der Waals surface area contributed by atoms with Crippen molar-refractivity contribution in [3.8, 4) is 5.75 Å². The number of thioether (sulfide) groups is 2. The Morgan fingerprint density at radius 1 is 1.33 bits per heavy atom.